The molecule has 0 spiro atoms. The second kappa shape index (κ2) is 8.95. The molecule has 1 aromatic heterocycles. The average Bonchev–Trinajstić information content (AvgIpc) is 3.24. The van der Waals surface area contributed by atoms with Gasteiger partial charge in [0.2, 0.25) is 5.82 Å². The Morgan fingerprint density at radius 2 is 1.90 bits per heavy atom. The summed E-state index contributed by atoms with van der Waals surface area (Å²) >= 11 is 11.7. The monoisotopic (exact) mass is 440 g/mol. The number of hydrogen-bond donors (Lipinski definition) is 1. The number of nitrogens with zero attached hydrogens (tertiary/aromatic N) is 3. The van der Waals surface area contributed by atoms with Gasteiger partial charge in [-0.25, -0.2) is 0 Å². The molecule has 0 aliphatic carbocycles. The van der Waals surface area contributed by atoms with Gasteiger partial charge in [-0.05, 0) is 36.8 Å². The summed E-state index contributed by atoms with van der Waals surface area (Å²) in [7, 11) is 1.67. The van der Waals surface area contributed by atoms with Gasteiger partial charge in [-0.1, -0.05) is 59.2 Å². The first kappa shape index (κ1) is 20.5. The summed E-state index contributed by atoms with van der Waals surface area (Å²) < 4.78 is 11.0. The molecule has 3 aromatic rings. The molecule has 2 aromatic carbocycles. The standard InChI is InChI=1S/C22H21ClN4O2S/c1-14-18(21-25-20(26-29-21)16-6-4-3-5-7-16)19(15-8-10-17(23)11-9-15)24-22(30)27(14)12-13-28-2/h3-11,19H,12-13H2,1-2H3,(H,24,30). The minimum Gasteiger partial charge on any atom is -0.383 e. The summed E-state index contributed by atoms with van der Waals surface area (Å²) in [5.74, 6) is 0.987. The molecule has 4 rings (SSSR count). The van der Waals surface area contributed by atoms with Crippen LogP contribution < -0.4 is 5.32 Å². The van der Waals surface area contributed by atoms with Crippen LogP contribution in [0.4, 0.5) is 0 Å². The number of aromatic nitrogens is 2. The van der Waals surface area contributed by atoms with Crippen molar-refractivity contribution in [3.63, 3.8) is 0 Å². The molecule has 0 fully saturated rings. The van der Waals surface area contributed by atoms with E-state index in [0.29, 0.717) is 35.0 Å². The fourth-order valence-electron chi connectivity index (χ4n) is 3.45. The van der Waals surface area contributed by atoms with Gasteiger partial charge in [0.05, 0.1) is 18.2 Å². The lowest BCUT2D eigenvalue weighted by atomic mass is 9.95. The highest BCUT2D eigenvalue weighted by Gasteiger charge is 2.33. The second-order valence-corrected chi connectivity index (χ2v) is 7.69. The van der Waals surface area contributed by atoms with E-state index in [-0.39, 0.29) is 6.04 Å². The maximum Gasteiger partial charge on any atom is 0.258 e. The molecule has 2 heterocycles. The quantitative estimate of drug-likeness (QED) is 0.557. The first-order valence-electron chi connectivity index (χ1n) is 9.51. The molecule has 0 amide bonds. The van der Waals surface area contributed by atoms with Gasteiger partial charge in [0.1, 0.15) is 0 Å². The number of methoxy groups -OCH3 is 1. The van der Waals surface area contributed by atoms with Crippen LogP contribution in [0.15, 0.2) is 64.8 Å². The Labute approximate surface area is 185 Å². The van der Waals surface area contributed by atoms with Crippen molar-refractivity contribution in [1.82, 2.24) is 20.4 Å². The van der Waals surface area contributed by atoms with Crippen LogP contribution in [0.1, 0.15) is 24.4 Å². The van der Waals surface area contributed by atoms with E-state index in [2.05, 4.69) is 15.5 Å². The van der Waals surface area contributed by atoms with E-state index in [1.54, 1.807) is 7.11 Å². The molecule has 1 N–H and O–H groups in total. The highest BCUT2D eigenvalue weighted by molar-refractivity contribution is 7.80. The van der Waals surface area contributed by atoms with E-state index in [4.69, 9.17) is 33.1 Å². The van der Waals surface area contributed by atoms with Crippen LogP contribution in [0.3, 0.4) is 0 Å². The van der Waals surface area contributed by atoms with Gasteiger partial charge in [-0.15, -0.1) is 0 Å². The predicted octanol–water partition coefficient (Wildman–Crippen LogP) is 4.70. The Balaban J connectivity index is 1.79. The number of thiocarbonyl (C=S) groups is 1. The Bertz CT molecular complexity index is 1070. The van der Waals surface area contributed by atoms with Crippen molar-refractivity contribution in [2.75, 3.05) is 20.3 Å². The van der Waals surface area contributed by atoms with Crippen molar-refractivity contribution < 1.29 is 9.26 Å². The summed E-state index contributed by atoms with van der Waals surface area (Å²) in [6.07, 6.45) is 0. The minimum atomic E-state index is -0.238. The molecule has 6 nitrogen and oxygen atoms in total. The molecule has 0 saturated heterocycles. The lowest BCUT2D eigenvalue weighted by Crippen LogP contribution is -2.47. The van der Waals surface area contributed by atoms with Crippen molar-refractivity contribution in [2.24, 2.45) is 0 Å². The van der Waals surface area contributed by atoms with Crippen molar-refractivity contribution in [3.8, 4) is 11.4 Å². The molecule has 0 saturated carbocycles. The molecule has 1 atom stereocenters. The summed E-state index contributed by atoms with van der Waals surface area (Å²) in [4.78, 5) is 6.68. The van der Waals surface area contributed by atoms with E-state index >= 15 is 0 Å². The number of halogens is 1. The van der Waals surface area contributed by atoms with Crippen molar-refractivity contribution in [1.29, 1.82) is 0 Å². The SMILES string of the molecule is COCCN1C(=S)NC(c2ccc(Cl)cc2)C(c2nc(-c3ccccc3)no2)=C1C. The zero-order chi connectivity index (χ0) is 21.1. The predicted molar refractivity (Wildman–Crippen MR) is 121 cm³/mol. The van der Waals surface area contributed by atoms with Crippen LogP contribution in [0.25, 0.3) is 17.0 Å². The van der Waals surface area contributed by atoms with Crippen molar-refractivity contribution >= 4 is 34.5 Å². The Hall–Kier alpha value is -2.74. The molecule has 1 aliphatic rings. The molecule has 1 aliphatic heterocycles. The number of allylic oxidation sites excluding steroid dienone is 1. The summed E-state index contributed by atoms with van der Waals surface area (Å²) in [6, 6.07) is 17.1. The van der Waals surface area contributed by atoms with Crippen LogP contribution in [0.2, 0.25) is 5.02 Å². The first-order valence-corrected chi connectivity index (χ1v) is 10.3. The average molecular weight is 441 g/mol. The van der Waals surface area contributed by atoms with Crippen LogP contribution >= 0.6 is 23.8 Å². The van der Waals surface area contributed by atoms with Gasteiger partial charge < -0.3 is 19.5 Å². The van der Waals surface area contributed by atoms with Gasteiger partial charge >= 0.3 is 0 Å². The smallest absolute Gasteiger partial charge is 0.258 e. The normalized spacial score (nSPS) is 16.7. The first-order chi connectivity index (χ1) is 14.6. The number of rotatable bonds is 6. The van der Waals surface area contributed by atoms with Crippen LogP contribution in [0.5, 0.6) is 0 Å². The fourth-order valence-corrected chi connectivity index (χ4v) is 3.92. The molecular formula is C22H21ClN4O2S. The molecular weight excluding hydrogens is 420 g/mol. The Morgan fingerprint density at radius 3 is 2.60 bits per heavy atom. The molecule has 8 heteroatoms. The largest absolute Gasteiger partial charge is 0.383 e. The minimum absolute atomic E-state index is 0.238. The number of ether oxygens (including phenoxy) is 1. The van der Waals surface area contributed by atoms with Crippen molar-refractivity contribution in [3.05, 3.63) is 76.8 Å². The van der Waals surface area contributed by atoms with Crippen LogP contribution in [0, 0.1) is 0 Å². The summed E-state index contributed by atoms with van der Waals surface area (Å²) in [5, 5.41) is 8.90. The number of hydrogen-bond acceptors (Lipinski definition) is 5. The van der Waals surface area contributed by atoms with Crippen LogP contribution in [-0.4, -0.2) is 40.4 Å². The summed E-state index contributed by atoms with van der Waals surface area (Å²) in [6.45, 7) is 3.16. The third-order valence-electron chi connectivity index (χ3n) is 5.01. The third-order valence-corrected chi connectivity index (χ3v) is 5.60. The van der Waals surface area contributed by atoms with E-state index in [9.17, 15) is 0 Å². The zero-order valence-corrected chi connectivity index (χ0v) is 18.2. The molecule has 1 unspecified atom stereocenters. The summed E-state index contributed by atoms with van der Waals surface area (Å²) in [5.41, 5.74) is 3.71. The van der Waals surface area contributed by atoms with Gasteiger partial charge in [-0.3, -0.25) is 0 Å². The zero-order valence-electron chi connectivity index (χ0n) is 16.6. The molecule has 154 valence electrons. The fraction of sp³-hybridized carbons (Fsp3) is 0.227. The van der Waals surface area contributed by atoms with Gasteiger partial charge in [-0.2, -0.15) is 4.98 Å². The Kier molecular flexibility index (Phi) is 6.13. The van der Waals surface area contributed by atoms with E-state index in [1.807, 2.05) is 66.4 Å². The lowest BCUT2D eigenvalue weighted by molar-refractivity contribution is 0.183. The molecule has 30 heavy (non-hydrogen) atoms. The maximum absolute atomic E-state index is 6.09. The highest BCUT2D eigenvalue weighted by Crippen LogP contribution is 2.37. The van der Waals surface area contributed by atoms with E-state index < -0.39 is 0 Å². The van der Waals surface area contributed by atoms with Gasteiger partial charge in [0.15, 0.2) is 5.11 Å². The van der Waals surface area contributed by atoms with Crippen LogP contribution in [-0.2, 0) is 4.74 Å². The highest BCUT2D eigenvalue weighted by atomic mass is 35.5. The topological polar surface area (TPSA) is 63.4 Å². The second-order valence-electron chi connectivity index (χ2n) is 6.87. The van der Waals surface area contributed by atoms with E-state index in [0.717, 1.165) is 22.4 Å². The third kappa shape index (κ3) is 4.09. The maximum atomic E-state index is 6.09. The van der Waals surface area contributed by atoms with Gasteiger partial charge in [0.25, 0.3) is 5.89 Å². The van der Waals surface area contributed by atoms with Crippen molar-refractivity contribution in [2.45, 2.75) is 13.0 Å². The molecule has 0 radical (unpaired) electrons. The molecule has 0 bridgehead atoms. The number of nitrogens with one attached hydrogen (secondary N) is 1. The number of benzene rings is 2. The Morgan fingerprint density at radius 1 is 1.17 bits per heavy atom. The lowest BCUT2D eigenvalue weighted by Gasteiger charge is -2.37. The van der Waals surface area contributed by atoms with E-state index in [1.165, 1.54) is 0 Å². The van der Waals surface area contributed by atoms with Gasteiger partial charge in [0, 0.05) is 29.9 Å².